The van der Waals surface area contributed by atoms with Crippen molar-refractivity contribution in [3.05, 3.63) is 95.1 Å². The average molecular weight is 493 g/mol. The lowest BCUT2D eigenvalue weighted by molar-refractivity contribution is 0.142. The molecule has 35 heavy (non-hydrogen) atoms. The third-order valence-electron chi connectivity index (χ3n) is 6.16. The van der Waals surface area contributed by atoms with Gasteiger partial charge in [0, 0.05) is 12.5 Å². The first-order chi connectivity index (χ1) is 16.8. The molecule has 0 spiro atoms. The summed E-state index contributed by atoms with van der Waals surface area (Å²) in [6.07, 6.45) is -0.521. The van der Waals surface area contributed by atoms with E-state index in [1.165, 1.54) is 11.1 Å². The molecule has 0 heterocycles. The molecular weight excluding hydrogens is 460 g/mol. The molecule has 6 nitrogen and oxygen atoms in total. The molecule has 0 saturated heterocycles. The van der Waals surface area contributed by atoms with Gasteiger partial charge in [-0.1, -0.05) is 72.8 Å². The Morgan fingerprint density at radius 3 is 2.09 bits per heavy atom. The predicted octanol–water partition coefficient (Wildman–Crippen LogP) is 4.81. The highest BCUT2D eigenvalue weighted by atomic mass is 32.2. The number of fused-ring (bicyclic) bond motifs is 3. The molecule has 0 saturated carbocycles. The van der Waals surface area contributed by atoms with E-state index in [1.807, 2.05) is 69.3 Å². The van der Waals surface area contributed by atoms with Crippen molar-refractivity contribution in [2.24, 2.45) is 0 Å². The Kier molecular flexibility index (Phi) is 7.69. The van der Waals surface area contributed by atoms with E-state index in [2.05, 4.69) is 34.3 Å². The van der Waals surface area contributed by atoms with Crippen LogP contribution in [-0.2, 0) is 22.3 Å². The van der Waals surface area contributed by atoms with Crippen molar-refractivity contribution in [3.63, 3.8) is 0 Å². The van der Waals surface area contributed by atoms with E-state index in [-0.39, 0.29) is 31.7 Å². The summed E-state index contributed by atoms with van der Waals surface area (Å²) in [5, 5.41) is 12.2. The summed E-state index contributed by atoms with van der Waals surface area (Å²) in [7, 11) is -1.34. The summed E-state index contributed by atoms with van der Waals surface area (Å²) >= 11 is 0. The summed E-state index contributed by atoms with van der Waals surface area (Å²) in [5.74, 6) is -0.0125. The van der Waals surface area contributed by atoms with Crippen molar-refractivity contribution in [2.75, 3.05) is 13.2 Å². The minimum Gasteiger partial charge on any atom is -0.449 e. The number of nitrogens with one attached hydrogen (secondary N) is 2. The van der Waals surface area contributed by atoms with Gasteiger partial charge in [0.2, 0.25) is 0 Å². The summed E-state index contributed by atoms with van der Waals surface area (Å²) < 4.78 is 21.1. The molecule has 0 unspecified atom stereocenters. The summed E-state index contributed by atoms with van der Waals surface area (Å²) in [5.41, 5.74) is 6.32. The number of carbonyl (C=O) groups excluding carboxylic acids is 1. The Balaban J connectivity index is 1.42. The Bertz CT molecular complexity index is 1160. The van der Waals surface area contributed by atoms with Crippen molar-refractivity contribution >= 4 is 17.1 Å². The van der Waals surface area contributed by atoms with Gasteiger partial charge >= 0.3 is 6.09 Å². The maximum absolute atomic E-state index is 12.8. The summed E-state index contributed by atoms with van der Waals surface area (Å²) in [6, 6.07) is 23.4. The molecule has 3 aromatic rings. The molecule has 0 fully saturated rings. The zero-order valence-corrected chi connectivity index (χ0v) is 21.1. The van der Waals surface area contributed by atoms with Crippen molar-refractivity contribution in [1.82, 2.24) is 10.0 Å². The largest absolute Gasteiger partial charge is 0.449 e. The molecule has 7 heteroatoms. The molecule has 3 N–H and O–H groups in total. The van der Waals surface area contributed by atoms with Gasteiger partial charge in [0.1, 0.15) is 6.61 Å². The van der Waals surface area contributed by atoms with Crippen molar-refractivity contribution < 1.29 is 18.8 Å². The first-order valence-electron chi connectivity index (χ1n) is 11.7. The molecule has 0 aliphatic heterocycles. The first kappa shape index (κ1) is 25.1. The predicted molar refractivity (Wildman–Crippen MR) is 139 cm³/mol. The fraction of sp³-hybridized carbons (Fsp3) is 0.321. The molecule has 0 bridgehead atoms. The fourth-order valence-corrected chi connectivity index (χ4v) is 5.06. The van der Waals surface area contributed by atoms with Gasteiger partial charge in [0.05, 0.1) is 28.4 Å². The zero-order chi connectivity index (χ0) is 25.0. The van der Waals surface area contributed by atoms with E-state index in [9.17, 15) is 14.1 Å². The van der Waals surface area contributed by atoms with Crippen LogP contribution in [0.5, 0.6) is 0 Å². The van der Waals surface area contributed by atoms with E-state index >= 15 is 0 Å². The summed E-state index contributed by atoms with van der Waals surface area (Å²) in [6.45, 7) is 6.06. The van der Waals surface area contributed by atoms with Crippen LogP contribution in [0.25, 0.3) is 11.1 Å². The monoisotopic (exact) mass is 492 g/mol. The third-order valence-corrected chi connectivity index (χ3v) is 7.78. The van der Waals surface area contributed by atoms with E-state index in [4.69, 9.17) is 4.74 Å². The van der Waals surface area contributed by atoms with Gasteiger partial charge in [-0.05, 0) is 54.2 Å². The van der Waals surface area contributed by atoms with Gasteiger partial charge in [0.25, 0.3) is 0 Å². The van der Waals surface area contributed by atoms with Gasteiger partial charge in [-0.2, -0.15) is 0 Å². The Morgan fingerprint density at radius 2 is 1.54 bits per heavy atom. The molecule has 2 atom stereocenters. The normalized spacial score (nSPS) is 14.6. The number of benzene rings is 3. The van der Waals surface area contributed by atoms with Crippen LogP contribution < -0.4 is 10.0 Å². The SMILES string of the molecule is CC(C)(C)[S@@](=O)N[C@H](CNC(=O)OCC1c2ccccc2-c2ccccc21)c1ccc(CO)cc1. The second-order valence-corrected chi connectivity index (χ2v) is 11.7. The number of hydrogen-bond acceptors (Lipinski definition) is 4. The van der Waals surface area contributed by atoms with Crippen LogP contribution in [0.4, 0.5) is 4.79 Å². The zero-order valence-electron chi connectivity index (χ0n) is 20.3. The van der Waals surface area contributed by atoms with Gasteiger partial charge in [0.15, 0.2) is 0 Å². The average Bonchev–Trinajstić information content (AvgIpc) is 3.18. The lowest BCUT2D eigenvalue weighted by Gasteiger charge is -2.25. The first-order valence-corrected chi connectivity index (χ1v) is 12.9. The van der Waals surface area contributed by atoms with Gasteiger partial charge in [-0.15, -0.1) is 0 Å². The van der Waals surface area contributed by atoms with Crippen molar-refractivity contribution in [3.8, 4) is 11.1 Å². The molecule has 0 aromatic heterocycles. The van der Waals surface area contributed by atoms with Crippen LogP contribution in [-0.4, -0.2) is 33.3 Å². The maximum Gasteiger partial charge on any atom is 0.407 e. The highest BCUT2D eigenvalue weighted by Crippen LogP contribution is 2.44. The highest BCUT2D eigenvalue weighted by Gasteiger charge is 2.29. The number of amides is 1. The summed E-state index contributed by atoms with van der Waals surface area (Å²) in [4.78, 5) is 12.7. The topological polar surface area (TPSA) is 87.7 Å². The Hall–Kier alpha value is -3.00. The third kappa shape index (κ3) is 5.81. The molecule has 1 amide bonds. The smallest absolute Gasteiger partial charge is 0.407 e. The molecule has 4 rings (SSSR count). The fourth-order valence-electron chi connectivity index (χ4n) is 4.22. The van der Waals surface area contributed by atoms with Crippen LogP contribution in [0.15, 0.2) is 72.8 Å². The number of rotatable bonds is 8. The second-order valence-electron chi connectivity index (χ2n) is 9.66. The molecule has 3 aromatic carbocycles. The Morgan fingerprint density at radius 1 is 0.971 bits per heavy atom. The van der Waals surface area contributed by atoms with Crippen LogP contribution in [0.1, 0.15) is 55.0 Å². The van der Waals surface area contributed by atoms with Crippen LogP contribution in [0.3, 0.4) is 0 Å². The van der Waals surface area contributed by atoms with E-state index < -0.39 is 21.8 Å². The van der Waals surface area contributed by atoms with Crippen LogP contribution >= 0.6 is 0 Å². The molecular formula is C28H32N2O4S. The van der Waals surface area contributed by atoms with Gasteiger partial charge in [-0.25, -0.2) is 13.7 Å². The Labute approximate surface area is 209 Å². The van der Waals surface area contributed by atoms with Gasteiger partial charge in [-0.3, -0.25) is 0 Å². The van der Waals surface area contributed by atoms with Crippen molar-refractivity contribution in [1.29, 1.82) is 0 Å². The minimum absolute atomic E-state index is 0.0125. The number of aliphatic hydroxyl groups is 1. The molecule has 184 valence electrons. The standard InChI is InChI=1S/C28H32N2O4S/c1-28(2,3)35(33)30-26(20-14-12-19(17-31)13-15-20)16-29-27(32)34-18-25-23-10-6-4-8-21(23)22-9-5-7-11-24(22)25/h4-15,25-26,30-31H,16-18H2,1-3H3,(H,29,32)/t26-,35-/m1/s1. The van der Waals surface area contributed by atoms with Crippen molar-refractivity contribution in [2.45, 2.75) is 44.1 Å². The van der Waals surface area contributed by atoms with E-state index in [0.29, 0.717) is 0 Å². The van der Waals surface area contributed by atoms with Crippen LogP contribution in [0.2, 0.25) is 0 Å². The van der Waals surface area contributed by atoms with Gasteiger partial charge < -0.3 is 15.2 Å². The second kappa shape index (κ2) is 10.7. The molecule has 1 aliphatic rings. The number of hydrogen-bond donors (Lipinski definition) is 3. The molecule has 1 aliphatic carbocycles. The van der Waals surface area contributed by atoms with E-state index in [1.54, 1.807) is 0 Å². The highest BCUT2D eigenvalue weighted by molar-refractivity contribution is 7.84. The van der Waals surface area contributed by atoms with E-state index in [0.717, 1.165) is 22.3 Å². The minimum atomic E-state index is -1.34. The quantitative estimate of drug-likeness (QED) is 0.421. The number of carbonyl (C=O) groups is 1. The number of alkyl carbamates (subject to hydrolysis) is 1. The molecule has 0 radical (unpaired) electrons. The maximum atomic E-state index is 12.8. The number of aliphatic hydroxyl groups excluding tert-OH is 1. The lowest BCUT2D eigenvalue weighted by atomic mass is 9.98. The lowest BCUT2D eigenvalue weighted by Crippen LogP contribution is -2.41. The number of ether oxygens (including phenoxy) is 1. The van der Waals surface area contributed by atoms with Crippen LogP contribution in [0, 0.1) is 0 Å².